The summed E-state index contributed by atoms with van der Waals surface area (Å²) in [6.45, 7) is 1.95. The zero-order valence-electron chi connectivity index (χ0n) is 13.0. The number of allylic oxidation sites excluding steroid dienone is 1. The molecule has 2 aliphatic rings. The molecule has 0 saturated heterocycles. The van der Waals surface area contributed by atoms with Crippen molar-refractivity contribution >= 4 is 27.1 Å². The van der Waals surface area contributed by atoms with Crippen molar-refractivity contribution < 1.29 is 10.2 Å². The van der Waals surface area contributed by atoms with E-state index >= 15 is 0 Å². The lowest BCUT2D eigenvalue weighted by Crippen LogP contribution is -2.25. The summed E-state index contributed by atoms with van der Waals surface area (Å²) < 4.78 is 0. The molecule has 3 aromatic carbocycles. The Kier molecular flexibility index (Phi) is 2.56. The van der Waals surface area contributed by atoms with Gasteiger partial charge in [-0.25, -0.2) is 0 Å². The maximum atomic E-state index is 10.6. The van der Waals surface area contributed by atoms with Crippen molar-refractivity contribution in [1.29, 1.82) is 0 Å². The second-order valence-electron chi connectivity index (χ2n) is 6.75. The van der Waals surface area contributed by atoms with E-state index in [-0.39, 0.29) is 0 Å². The van der Waals surface area contributed by atoms with Gasteiger partial charge in [0, 0.05) is 0 Å². The topological polar surface area (TPSA) is 40.5 Å². The molecule has 0 heterocycles. The highest BCUT2D eigenvalue weighted by Gasteiger charge is 2.36. The number of aliphatic hydroxyl groups is 2. The van der Waals surface area contributed by atoms with Gasteiger partial charge >= 0.3 is 0 Å². The smallest absolute Gasteiger partial charge is 0.109 e. The quantitative estimate of drug-likeness (QED) is 0.613. The zero-order valence-corrected chi connectivity index (χ0v) is 13.0. The van der Waals surface area contributed by atoms with Crippen molar-refractivity contribution in [1.82, 2.24) is 0 Å². The fourth-order valence-corrected chi connectivity index (χ4v) is 4.45. The molecule has 0 aromatic heterocycles. The van der Waals surface area contributed by atoms with Gasteiger partial charge in [-0.1, -0.05) is 36.4 Å². The van der Waals surface area contributed by atoms with Crippen LogP contribution in [0.3, 0.4) is 0 Å². The van der Waals surface area contributed by atoms with E-state index in [4.69, 9.17) is 0 Å². The van der Waals surface area contributed by atoms with Gasteiger partial charge in [0.15, 0.2) is 0 Å². The van der Waals surface area contributed by atoms with Crippen LogP contribution in [0, 0.1) is 0 Å². The molecule has 3 aromatic rings. The van der Waals surface area contributed by atoms with Crippen molar-refractivity contribution in [3.8, 4) is 0 Å². The van der Waals surface area contributed by atoms with Gasteiger partial charge in [0.05, 0.1) is 0 Å². The summed E-state index contributed by atoms with van der Waals surface area (Å²) in [5.41, 5.74) is 5.60. The number of hydrogen-bond donors (Lipinski definition) is 2. The van der Waals surface area contributed by atoms with Gasteiger partial charge in [-0.05, 0) is 75.2 Å². The molecule has 2 nitrogen and oxygen atoms in total. The van der Waals surface area contributed by atoms with Crippen LogP contribution in [-0.4, -0.2) is 16.3 Å². The van der Waals surface area contributed by atoms with Gasteiger partial charge in [-0.15, -0.1) is 0 Å². The number of benzene rings is 3. The van der Waals surface area contributed by atoms with E-state index < -0.39 is 12.2 Å². The molecule has 2 heteroatoms. The fraction of sp³-hybridized carbons (Fsp3) is 0.238. The van der Waals surface area contributed by atoms with Crippen LogP contribution < -0.4 is 0 Å². The minimum absolute atomic E-state index is 0.782. The number of hydrogen-bond acceptors (Lipinski definition) is 2. The highest BCUT2D eigenvalue weighted by atomic mass is 16.3. The van der Waals surface area contributed by atoms with Gasteiger partial charge in [0.25, 0.3) is 0 Å². The van der Waals surface area contributed by atoms with E-state index in [2.05, 4.69) is 36.4 Å². The van der Waals surface area contributed by atoms with Crippen molar-refractivity contribution in [2.45, 2.75) is 32.0 Å². The first-order valence-electron chi connectivity index (χ1n) is 8.20. The van der Waals surface area contributed by atoms with Crippen LogP contribution in [0.25, 0.3) is 27.1 Å². The van der Waals surface area contributed by atoms with E-state index in [1.807, 2.05) is 13.0 Å². The Morgan fingerprint density at radius 1 is 0.870 bits per heavy atom. The Morgan fingerprint density at radius 3 is 2.57 bits per heavy atom. The average Bonchev–Trinajstić information content (AvgIpc) is 3.03. The second-order valence-corrected chi connectivity index (χ2v) is 6.75. The molecule has 2 N–H and O–H groups in total. The molecule has 0 spiro atoms. The van der Waals surface area contributed by atoms with E-state index in [0.29, 0.717) is 0 Å². The van der Waals surface area contributed by atoms with Gasteiger partial charge in [-0.3, -0.25) is 0 Å². The summed E-state index contributed by atoms with van der Waals surface area (Å²) in [5.74, 6) is 0. The largest absolute Gasteiger partial charge is 0.386 e. The van der Waals surface area contributed by atoms with Crippen LogP contribution in [-0.2, 0) is 6.42 Å². The Labute approximate surface area is 134 Å². The number of rotatable bonds is 0. The van der Waals surface area contributed by atoms with Crippen LogP contribution in [0.2, 0.25) is 0 Å². The molecule has 0 saturated carbocycles. The molecule has 0 fully saturated rings. The third-order valence-corrected chi connectivity index (χ3v) is 5.65. The van der Waals surface area contributed by atoms with Crippen molar-refractivity contribution in [3.05, 3.63) is 64.7 Å². The molecule has 114 valence electrons. The van der Waals surface area contributed by atoms with E-state index in [9.17, 15) is 10.2 Å². The van der Waals surface area contributed by atoms with Crippen LogP contribution in [0.1, 0.15) is 36.1 Å². The third kappa shape index (κ3) is 1.60. The van der Waals surface area contributed by atoms with Crippen LogP contribution in [0.4, 0.5) is 0 Å². The van der Waals surface area contributed by atoms with Crippen LogP contribution in [0.5, 0.6) is 0 Å². The van der Waals surface area contributed by atoms with Crippen molar-refractivity contribution in [2.75, 3.05) is 0 Å². The predicted molar refractivity (Wildman–Crippen MR) is 93.3 cm³/mol. The van der Waals surface area contributed by atoms with Gasteiger partial charge in [0.1, 0.15) is 12.2 Å². The van der Waals surface area contributed by atoms with E-state index in [1.165, 1.54) is 38.2 Å². The summed E-state index contributed by atoms with van der Waals surface area (Å²) in [4.78, 5) is 0. The first-order valence-corrected chi connectivity index (χ1v) is 8.20. The SMILES string of the molecule is CC1=C2CCc3c2c(cc2c3ccc3ccccc32)[C@@H](O)[C@@H]1O. The van der Waals surface area contributed by atoms with Gasteiger partial charge < -0.3 is 10.2 Å². The summed E-state index contributed by atoms with van der Waals surface area (Å²) in [7, 11) is 0. The molecule has 0 unspecified atom stereocenters. The van der Waals surface area contributed by atoms with E-state index in [0.717, 1.165) is 24.0 Å². The normalized spacial score (nSPS) is 22.9. The van der Waals surface area contributed by atoms with Crippen molar-refractivity contribution in [2.24, 2.45) is 0 Å². The maximum Gasteiger partial charge on any atom is 0.109 e. The first-order chi connectivity index (χ1) is 11.2. The lowest BCUT2D eigenvalue weighted by molar-refractivity contribution is 0.0395. The number of fused-ring (bicyclic) bond motifs is 4. The molecule has 0 amide bonds. The number of aryl methyl sites for hydroxylation is 1. The molecule has 2 aliphatic carbocycles. The highest BCUT2D eigenvalue weighted by molar-refractivity contribution is 6.10. The molecule has 0 bridgehead atoms. The molecule has 23 heavy (non-hydrogen) atoms. The molecular weight excluding hydrogens is 284 g/mol. The number of aliphatic hydroxyl groups excluding tert-OH is 2. The monoisotopic (exact) mass is 302 g/mol. The summed E-state index contributed by atoms with van der Waals surface area (Å²) >= 11 is 0. The minimum Gasteiger partial charge on any atom is -0.386 e. The summed E-state index contributed by atoms with van der Waals surface area (Å²) in [6.07, 6.45) is 0.346. The summed E-state index contributed by atoms with van der Waals surface area (Å²) in [6, 6.07) is 14.9. The van der Waals surface area contributed by atoms with Crippen molar-refractivity contribution in [3.63, 3.8) is 0 Å². The molecule has 5 rings (SSSR count). The molecule has 0 aliphatic heterocycles. The standard InChI is InChI=1S/C21H18O2/c1-11-13-8-9-16-15-7-6-12-4-2-3-5-14(12)17(15)10-18(19(13)16)21(23)20(11)22/h2-7,10,20-23H,8-9H2,1H3/t20-,21-/m1/s1. The lowest BCUT2D eigenvalue weighted by Gasteiger charge is -2.29. The first kappa shape index (κ1) is 13.3. The fourth-order valence-electron chi connectivity index (χ4n) is 4.45. The van der Waals surface area contributed by atoms with Gasteiger partial charge in [0.2, 0.25) is 0 Å². The second kappa shape index (κ2) is 4.44. The zero-order chi connectivity index (χ0) is 15.7. The predicted octanol–water partition coefficient (Wildman–Crippen LogP) is 4.12. The summed E-state index contributed by atoms with van der Waals surface area (Å²) in [5, 5.41) is 25.9. The van der Waals surface area contributed by atoms with Crippen LogP contribution in [0.15, 0.2) is 48.0 Å². The Morgan fingerprint density at radius 2 is 1.70 bits per heavy atom. The minimum atomic E-state index is -0.825. The average molecular weight is 302 g/mol. The Bertz CT molecular complexity index is 1010. The Balaban J connectivity index is 1.98. The molecular formula is C21H18O2. The third-order valence-electron chi connectivity index (χ3n) is 5.65. The molecule has 0 radical (unpaired) electrons. The van der Waals surface area contributed by atoms with Crippen LogP contribution >= 0.6 is 0 Å². The Hall–Kier alpha value is -2.16. The van der Waals surface area contributed by atoms with E-state index in [1.54, 1.807) is 0 Å². The van der Waals surface area contributed by atoms with Gasteiger partial charge in [-0.2, -0.15) is 0 Å². The lowest BCUT2D eigenvalue weighted by atomic mass is 9.81. The highest BCUT2D eigenvalue weighted by Crippen LogP contribution is 2.48. The molecule has 2 atom stereocenters. The maximum absolute atomic E-state index is 10.6.